The van der Waals surface area contributed by atoms with Crippen molar-refractivity contribution in [3.8, 4) is 0 Å². The fourth-order valence-corrected chi connectivity index (χ4v) is 1.47. The Morgan fingerprint density at radius 3 is 2.33 bits per heavy atom. The van der Waals surface area contributed by atoms with E-state index in [1.54, 1.807) is 0 Å². The first-order valence-electron chi connectivity index (χ1n) is 3.66. The predicted molar refractivity (Wildman–Crippen MR) is 63.8 cm³/mol. The standard InChI is InChI=1S/C9H12BrN.BrH/c1-11(8-7-10)9-5-3-2-4-6-9;/h2-6H,7-8H2,1H3;1H. The molecule has 0 aliphatic carbocycles. The molecule has 0 unspecified atom stereocenters. The van der Waals surface area contributed by atoms with Crippen LogP contribution in [0.3, 0.4) is 0 Å². The molecule has 1 aromatic rings. The molecule has 0 radical (unpaired) electrons. The van der Waals surface area contributed by atoms with Gasteiger partial charge >= 0.3 is 0 Å². The second-order valence-corrected chi connectivity index (χ2v) is 3.24. The number of anilines is 1. The van der Waals surface area contributed by atoms with Gasteiger partial charge in [0.1, 0.15) is 0 Å². The van der Waals surface area contributed by atoms with Crippen LogP contribution in [0.4, 0.5) is 5.69 Å². The van der Waals surface area contributed by atoms with E-state index in [9.17, 15) is 0 Å². The maximum absolute atomic E-state index is 3.41. The third-order valence-corrected chi connectivity index (χ3v) is 1.97. The molecule has 68 valence electrons. The zero-order chi connectivity index (χ0) is 8.10. The second-order valence-electron chi connectivity index (χ2n) is 2.45. The van der Waals surface area contributed by atoms with Crippen LogP contribution in [0.25, 0.3) is 0 Å². The number of hydrogen-bond acceptors (Lipinski definition) is 1. The van der Waals surface area contributed by atoms with Gasteiger partial charge < -0.3 is 4.90 Å². The molecule has 3 heteroatoms. The molecule has 0 aliphatic heterocycles. The third-order valence-electron chi connectivity index (χ3n) is 1.62. The van der Waals surface area contributed by atoms with E-state index in [1.807, 2.05) is 6.07 Å². The minimum absolute atomic E-state index is 0. The summed E-state index contributed by atoms with van der Waals surface area (Å²) >= 11 is 3.41. The van der Waals surface area contributed by atoms with Crippen molar-refractivity contribution in [3.05, 3.63) is 30.3 Å². The number of alkyl halides is 1. The van der Waals surface area contributed by atoms with Crippen molar-refractivity contribution < 1.29 is 0 Å². The number of halogens is 2. The van der Waals surface area contributed by atoms with Crippen LogP contribution in [0, 0.1) is 0 Å². The molecule has 0 bridgehead atoms. The zero-order valence-electron chi connectivity index (χ0n) is 7.03. The van der Waals surface area contributed by atoms with E-state index in [1.165, 1.54) is 5.69 Å². The van der Waals surface area contributed by atoms with Gasteiger partial charge in [0, 0.05) is 24.6 Å². The Kier molecular flexibility index (Phi) is 6.48. The quantitative estimate of drug-likeness (QED) is 0.775. The molecule has 0 spiro atoms. The summed E-state index contributed by atoms with van der Waals surface area (Å²) in [5.74, 6) is 0. The van der Waals surface area contributed by atoms with Gasteiger partial charge in [0.05, 0.1) is 0 Å². The molecule has 0 N–H and O–H groups in total. The highest BCUT2D eigenvalue weighted by molar-refractivity contribution is 9.09. The van der Waals surface area contributed by atoms with Gasteiger partial charge in [0.15, 0.2) is 0 Å². The highest BCUT2D eigenvalue weighted by Gasteiger charge is 1.95. The lowest BCUT2D eigenvalue weighted by atomic mass is 10.3. The highest BCUT2D eigenvalue weighted by atomic mass is 79.9. The van der Waals surface area contributed by atoms with E-state index >= 15 is 0 Å². The van der Waals surface area contributed by atoms with E-state index in [4.69, 9.17) is 0 Å². The Bertz CT molecular complexity index is 201. The van der Waals surface area contributed by atoms with E-state index < -0.39 is 0 Å². The largest absolute Gasteiger partial charge is 0.374 e. The summed E-state index contributed by atoms with van der Waals surface area (Å²) in [7, 11) is 2.09. The Balaban J connectivity index is 0.00000121. The van der Waals surface area contributed by atoms with Gasteiger partial charge in [-0.2, -0.15) is 0 Å². The van der Waals surface area contributed by atoms with Crippen LogP contribution in [0.15, 0.2) is 30.3 Å². The molecule has 0 aliphatic rings. The molecule has 0 heterocycles. The lowest BCUT2D eigenvalue weighted by Gasteiger charge is -2.17. The van der Waals surface area contributed by atoms with E-state index in [-0.39, 0.29) is 17.0 Å². The summed E-state index contributed by atoms with van der Waals surface area (Å²) in [5, 5.41) is 1.01. The molecule has 1 rings (SSSR count). The summed E-state index contributed by atoms with van der Waals surface area (Å²) in [4.78, 5) is 2.22. The first-order valence-corrected chi connectivity index (χ1v) is 4.79. The van der Waals surface area contributed by atoms with Crippen LogP contribution >= 0.6 is 32.9 Å². The van der Waals surface area contributed by atoms with Gasteiger partial charge in [-0.05, 0) is 12.1 Å². The van der Waals surface area contributed by atoms with Gasteiger partial charge in [-0.25, -0.2) is 0 Å². The van der Waals surface area contributed by atoms with E-state index in [0.717, 1.165) is 11.9 Å². The maximum Gasteiger partial charge on any atom is 0.0363 e. The molecule has 0 aromatic heterocycles. The molecular weight excluding hydrogens is 282 g/mol. The van der Waals surface area contributed by atoms with E-state index in [0.29, 0.717) is 0 Å². The lowest BCUT2D eigenvalue weighted by molar-refractivity contribution is 0.983. The van der Waals surface area contributed by atoms with Crippen molar-refractivity contribution >= 4 is 38.6 Å². The minimum atomic E-state index is 0. The Labute approximate surface area is 92.7 Å². The Morgan fingerprint density at radius 1 is 1.25 bits per heavy atom. The van der Waals surface area contributed by atoms with Gasteiger partial charge in [-0.1, -0.05) is 34.1 Å². The second kappa shape index (κ2) is 6.49. The smallest absolute Gasteiger partial charge is 0.0363 e. The third kappa shape index (κ3) is 3.59. The summed E-state index contributed by atoms with van der Waals surface area (Å²) in [6.45, 7) is 1.05. The van der Waals surface area contributed by atoms with Crippen LogP contribution in [0.5, 0.6) is 0 Å². The van der Waals surface area contributed by atoms with Gasteiger partial charge in [0.2, 0.25) is 0 Å². The first kappa shape index (κ1) is 12.0. The molecule has 0 fully saturated rings. The van der Waals surface area contributed by atoms with Crippen molar-refractivity contribution in [2.45, 2.75) is 0 Å². The summed E-state index contributed by atoms with van der Waals surface area (Å²) in [6.07, 6.45) is 0. The van der Waals surface area contributed by atoms with Crippen molar-refractivity contribution in [2.75, 3.05) is 23.8 Å². The highest BCUT2D eigenvalue weighted by Crippen LogP contribution is 2.10. The number of rotatable bonds is 3. The van der Waals surface area contributed by atoms with Crippen LogP contribution in [-0.2, 0) is 0 Å². The number of benzene rings is 1. The molecular formula is C9H13Br2N. The normalized spacial score (nSPS) is 8.83. The number of para-hydroxylation sites is 1. The fourth-order valence-electron chi connectivity index (χ4n) is 0.938. The summed E-state index contributed by atoms with van der Waals surface area (Å²) in [6, 6.07) is 10.4. The molecule has 0 saturated carbocycles. The maximum atomic E-state index is 3.41. The van der Waals surface area contributed by atoms with Crippen LogP contribution in [0.1, 0.15) is 0 Å². The first-order chi connectivity index (χ1) is 5.34. The minimum Gasteiger partial charge on any atom is -0.374 e. The number of nitrogens with zero attached hydrogens (tertiary/aromatic N) is 1. The van der Waals surface area contributed by atoms with Gasteiger partial charge in [-0.3, -0.25) is 0 Å². The topological polar surface area (TPSA) is 3.24 Å². The molecule has 0 atom stereocenters. The van der Waals surface area contributed by atoms with Gasteiger partial charge in [-0.15, -0.1) is 17.0 Å². The molecule has 12 heavy (non-hydrogen) atoms. The molecule has 1 aromatic carbocycles. The molecule has 1 nitrogen and oxygen atoms in total. The van der Waals surface area contributed by atoms with Crippen molar-refractivity contribution in [2.24, 2.45) is 0 Å². The van der Waals surface area contributed by atoms with Crippen molar-refractivity contribution in [3.63, 3.8) is 0 Å². The summed E-state index contributed by atoms with van der Waals surface area (Å²) < 4.78 is 0. The summed E-state index contributed by atoms with van der Waals surface area (Å²) in [5.41, 5.74) is 1.27. The average molecular weight is 295 g/mol. The molecule has 0 saturated heterocycles. The Morgan fingerprint density at radius 2 is 1.83 bits per heavy atom. The Hall–Kier alpha value is -0.0200. The van der Waals surface area contributed by atoms with Gasteiger partial charge in [0.25, 0.3) is 0 Å². The van der Waals surface area contributed by atoms with Crippen molar-refractivity contribution in [1.82, 2.24) is 0 Å². The van der Waals surface area contributed by atoms with Crippen molar-refractivity contribution in [1.29, 1.82) is 0 Å². The van der Waals surface area contributed by atoms with Crippen LogP contribution < -0.4 is 4.90 Å². The fraction of sp³-hybridized carbons (Fsp3) is 0.333. The monoisotopic (exact) mass is 293 g/mol. The molecule has 0 amide bonds. The van der Waals surface area contributed by atoms with E-state index in [2.05, 4.69) is 52.1 Å². The van der Waals surface area contributed by atoms with Crippen LogP contribution in [-0.4, -0.2) is 18.9 Å². The SMILES string of the molecule is Br.CN(CCBr)c1ccccc1. The van der Waals surface area contributed by atoms with Crippen LogP contribution in [0.2, 0.25) is 0 Å². The predicted octanol–water partition coefficient (Wildman–Crippen LogP) is 3.10. The number of hydrogen-bond donors (Lipinski definition) is 0. The average Bonchev–Trinajstić information content (AvgIpc) is 2.07. The zero-order valence-corrected chi connectivity index (χ0v) is 10.3. The lowest BCUT2D eigenvalue weighted by Crippen LogP contribution is -2.18.